The second-order valence-electron chi connectivity index (χ2n) is 8.86. The zero-order valence-electron chi connectivity index (χ0n) is 19.5. The van der Waals surface area contributed by atoms with E-state index in [4.69, 9.17) is 16.1 Å². The van der Waals surface area contributed by atoms with Gasteiger partial charge in [0.25, 0.3) is 0 Å². The van der Waals surface area contributed by atoms with Crippen molar-refractivity contribution in [3.8, 4) is 11.4 Å². The van der Waals surface area contributed by atoms with E-state index < -0.39 is 0 Å². The first-order valence-corrected chi connectivity index (χ1v) is 12.0. The summed E-state index contributed by atoms with van der Waals surface area (Å²) in [7, 11) is 0. The summed E-state index contributed by atoms with van der Waals surface area (Å²) in [5, 5.41) is 4.77. The largest absolute Gasteiger partial charge is 0.371 e. The molecule has 3 aromatic rings. The van der Waals surface area contributed by atoms with Crippen LogP contribution in [0.5, 0.6) is 0 Å². The van der Waals surface area contributed by atoms with E-state index >= 15 is 0 Å². The average molecular weight is 467 g/mol. The number of amides is 1. The molecule has 0 saturated carbocycles. The predicted octanol–water partition coefficient (Wildman–Crippen LogP) is 5.74. The fraction of sp³-hybridized carbons (Fsp3) is 0.423. The SMILES string of the molecule is CC[C@H](C)N(Cc1nc(-c2ccc(Cl)cc2)no1)C(=O)[C@@H]1CCCN(c2ccc(C)cc2)C1. The average Bonchev–Trinajstić information content (AvgIpc) is 3.31. The number of aromatic nitrogens is 2. The molecule has 0 spiro atoms. The molecule has 1 amide bonds. The van der Waals surface area contributed by atoms with Crippen LogP contribution in [0.3, 0.4) is 0 Å². The van der Waals surface area contributed by atoms with Gasteiger partial charge >= 0.3 is 0 Å². The Kier molecular flexibility index (Phi) is 7.33. The second-order valence-corrected chi connectivity index (χ2v) is 9.30. The summed E-state index contributed by atoms with van der Waals surface area (Å²) in [5.74, 6) is 1.06. The van der Waals surface area contributed by atoms with Crippen molar-refractivity contribution >= 4 is 23.2 Å². The monoisotopic (exact) mass is 466 g/mol. The van der Waals surface area contributed by atoms with Crippen LogP contribution in [0, 0.1) is 12.8 Å². The van der Waals surface area contributed by atoms with Crippen LogP contribution in [-0.2, 0) is 11.3 Å². The van der Waals surface area contributed by atoms with Gasteiger partial charge in [0.15, 0.2) is 0 Å². The first-order chi connectivity index (χ1) is 15.9. The first kappa shape index (κ1) is 23.3. The number of nitrogens with zero attached hydrogens (tertiary/aromatic N) is 4. The fourth-order valence-electron chi connectivity index (χ4n) is 4.26. The number of rotatable bonds is 7. The van der Waals surface area contributed by atoms with E-state index in [-0.39, 0.29) is 17.9 Å². The van der Waals surface area contributed by atoms with Crippen LogP contribution in [0.1, 0.15) is 44.6 Å². The zero-order valence-corrected chi connectivity index (χ0v) is 20.3. The molecular formula is C26H31ClN4O2. The fourth-order valence-corrected chi connectivity index (χ4v) is 4.38. The van der Waals surface area contributed by atoms with Crippen LogP contribution >= 0.6 is 11.6 Å². The highest BCUT2D eigenvalue weighted by Gasteiger charge is 2.32. The summed E-state index contributed by atoms with van der Waals surface area (Å²) in [6, 6.07) is 15.9. The van der Waals surface area contributed by atoms with Crippen LogP contribution in [0.4, 0.5) is 5.69 Å². The lowest BCUT2D eigenvalue weighted by atomic mass is 9.95. The van der Waals surface area contributed by atoms with Crippen LogP contribution in [0.25, 0.3) is 11.4 Å². The molecule has 6 nitrogen and oxygen atoms in total. The molecule has 1 saturated heterocycles. The zero-order chi connectivity index (χ0) is 23.4. The highest BCUT2D eigenvalue weighted by molar-refractivity contribution is 6.30. The normalized spacial score (nSPS) is 17.1. The molecular weight excluding hydrogens is 436 g/mol. The molecule has 0 N–H and O–H groups in total. The van der Waals surface area contributed by atoms with Gasteiger partial charge in [-0.05, 0) is 69.5 Å². The van der Waals surface area contributed by atoms with Gasteiger partial charge in [-0.25, -0.2) is 0 Å². The van der Waals surface area contributed by atoms with Gasteiger partial charge in [0.05, 0.1) is 5.92 Å². The summed E-state index contributed by atoms with van der Waals surface area (Å²) >= 11 is 5.98. The lowest BCUT2D eigenvalue weighted by Gasteiger charge is -2.37. The van der Waals surface area contributed by atoms with Crippen molar-refractivity contribution in [2.75, 3.05) is 18.0 Å². The van der Waals surface area contributed by atoms with E-state index in [1.807, 2.05) is 17.0 Å². The topological polar surface area (TPSA) is 62.5 Å². The number of carbonyl (C=O) groups excluding carboxylic acids is 1. The number of benzene rings is 2. The molecule has 1 aromatic heterocycles. The number of hydrogen-bond donors (Lipinski definition) is 0. The summed E-state index contributed by atoms with van der Waals surface area (Å²) < 4.78 is 5.52. The molecule has 0 aliphatic carbocycles. The van der Waals surface area contributed by atoms with Gasteiger partial charge in [0.1, 0.15) is 6.54 Å². The Bertz CT molecular complexity index is 1060. The number of anilines is 1. The maximum Gasteiger partial charge on any atom is 0.246 e. The molecule has 2 atom stereocenters. The molecule has 2 aromatic carbocycles. The minimum absolute atomic E-state index is 0.0484. The molecule has 174 valence electrons. The number of halogens is 1. The Morgan fingerprint density at radius 1 is 1.21 bits per heavy atom. The number of aryl methyl sites for hydroxylation is 1. The van der Waals surface area contributed by atoms with Gasteiger partial charge in [-0.1, -0.05) is 41.4 Å². The van der Waals surface area contributed by atoms with Crippen LogP contribution in [0.15, 0.2) is 53.1 Å². The lowest BCUT2D eigenvalue weighted by molar-refractivity contribution is -0.139. The summed E-state index contributed by atoms with van der Waals surface area (Å²) in [4.78, 5) is 22.4. The van der Waals surface area contributed by atoms with E-state index in [0.29, 0.717) is 23.3 Å². The molecule has 0 radical (unpaired) electrons. The van der Waals surface area contributed by atoms with E-state index in [1.54, 1.807) is 12.1 Å². The summed E-state index contributed by atoms with van der Waals surface area (Å²) in [6.07, 6.45) is 2.76. The number of piperidine rings is 1. The third-order valence-corrected chi connectivity index (χ3v) is 6.70. The molecule has 1 aliphatic heterocycles. The van der Waals surface area contributed by atoms with Crippen LogP contribution < -0.4 is 4.90 Å². The van der Waals surface area contributed by atoms with Crippen molar-refractivity contribution in [2.24, 2.45) is 5.92 Å². The van der Waals surface area contributed by atoms with Crippen molar-refractivity contribution in [2.45, 2.75) is 52.6 Å². The van der Waals surface area contributed by atoms with Crippen LogP contribution in [0.2, 0.25) is 5.02 Å². The molecule has 0 unspecified atom stereocenters. The Morgan fingerprint density at radius 3 is 2.64 bits per heavy atom. The van der Waals surface area contributed by atoms with Gasteiger partial charge in [-0.2, -0.15) is 4.98 Å². The van der Waals surface area contributed by atoms with Gasteiger partial charge in [0, 0.05) is 35.4 Å². The Morgan fingerprint density at radius 2 is 1.94 bits per heavy atom. The van der Waals surface area contributed by atoms with E-state index in [2.05, 4.69) is 60.1 Å². The highest BCUT2D eigenvalue weighted by Crippen LogP contribution is 2.27. The van der Waals surface area contributed by atoms with Gasteiger partial charge in [-0.15, -0.1) is 0 Å². The van der Waals surface area contributed by atoms with Crippen LogP contribution in [-0.4, -0.2) is 40.1 Å². The third-order valence-electron chi connectivity index (χ3n) is 6.45. The van der Waals surface area contributed by atoms with E-state index in [9.17, 15) is 4.79 Å². The predicted molar refractivity (Wildman–Crippen MR) is 131 cm³/mol. The maximum atomic E-state index is 13.6. The van der Waals surface area contributed by atoms with Gasteiger partial charge in [0.2, 0.25) is 17.6 Å². The summed E-state index contributed by atoms with van der Waals surface area (Å²) in [5.41, 5.74) is 3.25. The first-order valence-electron chi connectivity index (χ1n) is 11.6. The van der Waals surface area contributed by atoms with Gasteiger partial charge < -0.3 is 14.3 Å². The molecule has 7 heteroatoms. The molecule has 1 aliphatic rings. The lowest BCUT2D eigenvalue weighted by Crippen LogP contribution is -2.47. The van der Waals surface area contributed by atoms with Gasteiger partial charge in [-0.3, -0.25) is 4.79 Å². The van der Waals surface area contributed by atoms with Crippen molar-refractivity contribution < 1.29 is 9.32 Å². The quantitative estimate of drug-likeness (QED) is 0.444. The van der Waals surface area contributed by atoms with Crippen molar-refractivity contribution in [1.29, 1.82) is 0 Å². The Hall–Kier alpha value is -2.86. The van der Waals surface area contributed by atoms with E-state index in [1.165, 1.54) is 11.3 Å². The van der Waals surface area contributed by atoms with Crippen molar-refractivity contribution in [1.82, 2.24) is 15.0 Å². The maximum absolute atomic E-state index is 13.6. The van der Waals surface area contributed by atoms with Crippen molar-refractivity contribution in [3.05, 3.63) is 65.0 Å². The van der Waals surface area contributed by atoms with Crippen molar-refractivity contribution in [3.63, 3.8) is 0 Å². The third kappa shape index (κ3) is 5.56. The minimum Gasteiger partial charge on any atom is -0.371 e. The Balaban J connectivity index is 1.48. The Labute approximate surface area is 200 Å². The smallest absolute Gasteiger partial charge is 0.246 e. The molecule has 2 heterocycles. The molecule has 1 fully saturated rings. The van der Waals surface area contributed by atoms with E-state index in [0.717, 1.165) is 37.9 Å². The number of hydrogen-bond acceptors (Lipinski definition) is 5. The minimum atomic E-state index is -0.0484. The summed E-state index contributed by atoms with van der Waals surface area (Å²) in [6.45, 7) is 8.28. The molecule has 33 heavy (non-hydrogen) atoms. The molecule has 0 bridgehead atoms. The molecule has 4 rings (SSSR count). The number of carbonyl (C=O) groups is 1. The standard InChI is InChI=1S/C26H31ClN4O2/c1-4-19(3)31(17-24-28-25(29-33-24)20-9-11-22(27)12-10-20)26(32)21-6-5-15-30(16-21)23-13-7-18(2)8-14-23/h7-14,19,21H,4-6,15-17H2,1-3H3/t19-,21+/m0/s1. The second kappa shape index (κ2) is 10.4. The highest BCUT2D eigenvalue weighted by atomic mass is 35.5.